The Kier molecular flexibility index (Phi) is 5.46. The number of aryl methyl sites for hydroxylation is 3. The third-order valence-electron chi connectivity index (χ3n) is 3.15. The van der Waals surface area contributed by atoms with E-state index in [9.17, 15) is 0 Å². The fraction of sp³-hybridized carbons (Fsp3) is 0.538. The van der Waals surface area contributed by atoms with Crippen molar-refractivity contribution in [1.29, 1.82) is 0 Å². The van der Waals surface area contributed by atoms with Gasteiger partial charge in [0.15, 0.2) is 0 Å². The monoisotopic (exact) mass is 284 g/mol. The van der Waals surface area contributed by atoms with Crippen molar-refractivity contribution in [1.82, 2.24) is 0 Å². The van der Waals surface area contributed by atoms with Gasteiger partial charge in [0.2, 0.25) is 0 Å². The molecule has 1 aromatic rings. The summed E-state index contributed by atoms with van der Waals surface area (Å²) >= 11 is 3.61. The maximum atomic E-state index is 5.65. The van der Waals surface area contributed by atoms with Gasteiger partial charge in [0.25, 0.3) is 0 Å². The number of rotatable bonds is 5. The van der Waals surface area contributed by atoms with Crippen LogP contribution in [0.5, 0.6) is 0 Å². The highest BCUT2D eigenvalue weighted by Crippen LogP contribution is 2.23. The first-order valence-corrected chi connectivity index (χ1v) is 6.53. The van der Waals surface area contributed by atoms with E-state index in [0.717, 1.165) is 12.8 Å². The average Bonchev–Trinajstić information content (AvgIpc) is 2.26. The zero-order valence-electron chi connectivity index (χ0n) is 10.1. The lowest BCUT2D eigenvalue weighted by Gasteiger charge is -2.13. The largest absolute Gasteiger partial charge is 0.330 e. The quantitative estimate of drug-likeness (QED) is 0.873. The first-order valence-electron chi connectivity index (χ1n) is 5.74. The molecule has 0 unspecified atom stereocenters. The third kappa shape index (κ3) is 3.58. The highest BCUT2D eigenvalue weighted by Gasteiger charge is 2.07. The normalized spacial score (nSPS) is 11.1. The summed E-state index contributed by atoms with van der Waals surface area (Å²) in [5.74, 6) is 0.438. The maximum absolute atomic E-state index is 5.65. The van der Waals surface area contributed by atoms with Crippen LogP contribution in [0, 0.1) is 19.8 Å². The number of hydrogen-bond acceptors (Lipinski definition) is 2. The first kappa shape index (κ1) is 13.7. The van der Waals surface area contributed by atoms with Crippen LogP contribution in [0.1, 0.15) is 23.1 Å². The first-order chi connectivity index (χ1) is 7.58. The second kappa shape index (κ2) is 6.38. The molecule has 1 rings (SSSR count). The molecule has 3 heteroatoms. The molecule has 2 nitrogen and oxygen atoms in total. The molecule has 0 atom stereocenters. The van der Waals surface area contributed by atoms with Crippen molar-refractivity contribution in [3.63, 3.8) is 0 Å². The van der Waals surface area contributed by atoms with Crippen LogP contribution in [0.4, 0.5) is 0 Å². The van der Waals surface area contributed by atoms with Crippen LogP contribution in [0.3, 0.4) is 0 Å². The van der Waals surface area contributed by atoms with Crippen LogP contribution < -0.4 is 11.5 Å². The Morgan fingerprint density at radius 3 is 2.25 bits per heavy atom. The van der Waals surface area contributed by atoms with Crippen molar-refractivity contribution in [2.24, 2.45) is 17.4 Å². The van der Waals surface area contributed by atoms with E-state index in [-0.39, 0.29) is 0 Å². The Labute approximate surface area is 107 Å². The highest BCUT2D eigenvalue weighted by atomic mass is 79.9. The Hall–Kier alpha value is -0.380. The van der Waals surface area contributed by atoms with Crippen molar-refractivity contribution in [2.75, 3.05) is 13.1 Å². The van der Waals surface area contributed by atoms with E-state index >= 15 is 0 Å². The van der Waals surface area contributed by atoms with Crippen molar-refractivity contribution < 1.29 is 0 Å². The summed E-state index contributed by atoms with van der Waals surface area (Å²) in [4.78, 5) is 0. The zero-order chi connectivity index (χ0) is 12.1. The predicted octanol–water partition coefficient (Wildman–Crippen LogP) is 2.53. The molecule has 0 bridgehead atoms. The van der Waals surface area contributed by atoms with Crippen molar-refractivity contribution in [3.05, 3.63) is 33.3 Å². The molecule has 0 saturated carbocycles. The summed E-state index contributed by atoms with van der Waals surface area (Å²) in [5, 5.41) is 0. The molecule has 1 aromatic carbocycles. The van der Waals surface area contributed by atoms with Gasteiger partial charge in [-0.3, -0.25) is 0 Å². The molecule has 0 aliphatic rings. The van der Waals surface area contributed by atoms with Gasteiger partial charge in [0, 0.05) is 4.47 Å². The van der Waals surface area contributed by atoms with Gasteiger partial charge < -0.3 is 11.5 Å². The van der Waals surface area contributed by atoms with E-state index in [1.54, 1.807) is 0 Å². The van der Waals surface area contributed by atoms with Crippen LogP contribution in [0.15, 0.2) is 16.6 Å². The molecule has 4 N–H and O–H groups in total. The Morgan fingerprint density at radius 1 is 1.12 bits per heavy atom. The van der Waals surface area contributed by atoms with Crippen LogP contribution >= 0.6 is 15.9 Å². The molecule has 90 valence electrons. The molecule has 0 heterocycles. The van der Waals surface area contributed by atoms with Crippen LogP contribution in [0.2, 0.25) is 0 Å². The summed E-state index contributed by atoms with van der Waals surface area (Å²) in [6.07, 6.45) is 2.11. The topological polar surface area (TPSA) is 52.0 Å². The van der Waals surface area contributed by atoms with E-state index in [1.807, 2.05) is 0 Å². The van der Waals surface area contributed by atoms with Gasteiger partial charge in [-0.2, -0.15) is 0 Å². The van der Waals surface area contributed by atoms with Crippen LogP contribution in [-0.2, 0) is 6.42 Å². The van der Waals surface area contributed by atoms with E-state index in [4.69, 9.17) is 11.5 Å². The standard InChI is InChI=1S/C13H21BrN2/c1-9-5-12(13(14)6-10(9)2)4-3-11(7-15)8-16/h5-6,11H,3-4,7-8,15-16H2,1-2H3. The molecule has 0 amide bonds. The second-order valence-corrected chi connectivity index (χ2v) is 5.26. The van der Waals surface area contributed by atoms with Gasteiger partial charge in [0.05, 0.1) is 0 Å². The van der Waals surface area contributed by atoms with E-state index in [1.165, 1.54) is 21.2 Å². The van der Waals surface area contributed by atoms with Gasteiger partial charge >= 0.3 is 0 Å². The molecule has 16 heavy (non-hydrogen) atoms. The Morgan fingerprint density at radius 2 is 1.69 bits per heavy atom. The SMILES string of the molecule is Cc1cc(Br)c(CCC(CN)CN)cc1C. The van der Waals surface area contributed by atoms with Crippen molar-refractivity contribution >= 4 is 15.9 Å². The zero-order valence-corrected chi connectivity index (χ0v) is 11.7. The molecule has 0 aromatic heterocycles. The molecule has 0 spiro atoms. The Balaban J connectivity index is 2.70. The minimum atomic E-state index is 0.438. The summed E-state index contributed by atoms with van der Waals surface area (Å²) in [6.45, 7) is 5.64. The lowest BCUT2D eigenvalue weighted by Crippen LogP contribution is -2.23. The molecular weight excluding hydrogens is 264 g/mol. The number of benzene rings is 1. The molecule has 0 aliphatic carbocycles. The summed E-state index contributed by atoms with van der Waals surface area (Å²) in [7, 11) is 0. The van der Waals surface area contributed by atoms with Crippen molar-refractivity contribution in [2.45, 2.75) is 26.7 Å². The molecule has 0 fully saturated rings. The summed E-state index contributed by atoms with van der Waals surface area (Å²) in [6, 6.07) is 4.44. The van der Waals surface area contributed by atoms with Crippen LogP contribution in [0.25, 0.3) is 0 Å². The number of halogens is 1. The Bertz CT molecular complexity index is 346. The van der Waals surface area contributed by atoms with Crippen molar-refractivity contribution in [3.8, 4) is 0 Å². The van der Waals surface area contributed by atoms with Gasteiger partial charge in [-0.25, -0.2) is 0 Å². The van der Waals surface area contributed by atoms with Gasteiger partial charge in [-0.05, 0) is 68.5 Å². The fourth-order valence-corrected chi connectivity index (χ4v) is 2.38. The molecular formula is C13H21BrN2. The van der Waals surface area contributed by atoms with Gasteiger partial charge in [-0.15, -0.1) is 0 Å². The van der Waals surface area contributed by atoms with E-state index in [0.29, 0.717) is 19.0 Å². The smallest absolute Gasteiger partial charge is 0.0210 e. The molecule has 0 radical (unpaired) electrons. The highest BCUT2D eigenvalue weighted by molar-refractivity contribution is 9.10. The summed E-state index contributed by atoms with van der Waals surface area (Å²) < 4.78 is 1.20. The van der Waals surface area contributed by atoms with Crippen LogP contribution in [-0.4, -0.2) is 13.1 Å². The lowest BCUT2D eigenvalue weighted by molar-refractivity contribution is 0.507. The lowest BCUT2D eigenvalue weighted by atomic mass is 9.97. The number of nitrogens with two attached hydrogens (primary N) is 2. The molecule has 0 saturated heterocycles. The minimum Gasteiger partial charge on any atom is -0.330 e. The fourth-order valence-electron chi connectivity index (χ4n) is 1.72. The number of hydrogen-bond donors (Lipinski definition) is 2. The van der Waals surface area contributed by atoms with Gasteiger partial charge in [0.1, 0.15) is 0 Å². The third-order valence-corrected chi connectivity index (χ3v) is 3.89. The van der Waals surface area contributed by atoms with Gasteiger partial charge in [-0.1, -0.05) is 22.0 Å². The molecule has 0 aliphatic heterocycles. The predicted molar refractivity (Wildman–Crippen MR) is 73.5 cm³/mol. The maximum Gasteiger partial charge on any atom is 0.0210 e. The van der Waals surface area contributed by atoms with E-state index in [2.05, 4.69) is 41.9 Å². The second-order valence-electron chi connectivity index (χ2n) is 4.40. The van der Waals surface area contributed by atoms with E-state index < -0.39 is 0 Å². The average molecular weight is 285 g/mol. The summed E-state index contributed by atoms with van der Waals surface area (Å²) in [5.41, 5.74) is 15.3. The minimum absolute atomic E-state index is 0.438.